The topological polar surface area (TPSA) is 46.6 Å². The molecular formula is C27H41NO3. The zero-order valence-corrected chi connectivity index (χ0v) is 19.6. The molecule has 1 aromatic carbocycles. The van der Waals surface area contributed by atoms with Gasteiger partial charge in [-0.2, -0.15) is 0 Å². The van der Waals surface area contributed by atoms with Crippen LogP contribution in [-0.4, -0.2) is 30.7 Å². The van der Waals surface area contributed by atoms with E-state index in [1.165, 1.54) is 64.2 Å². The van der Waals surface area contributed by atoms with Gasteiger partial charge in [-0.3, -0.25) is 9.59 Å². The second-order valence-electron chi connectivity index (χ2n) is 9.84. The fourth-order valence-corrected chi connectivity index (χ4v) is 5.47. The Morgan fingerprint density at radius 3 is 2.10 bits per heavy atom. The first-order valence-corrected chi connectivity index (χ1v) is 12.5. The molecule has 1 atom stereocenters. The quantitative estimate of drug-likeness (QED) is 0.420. The third-order valence-electron chi connectivity index (χ3n) is 7.46. The smallest absolute Gasteiger partial charge is 0.233 e. The van der Waals surface area contributed by atoms with E-state index in [9.17, 15) is 9.59 Å². The first-order chi connectivity index (χ1) is 15.1. The summed E-state index contributed by atoms with van der Waals surface area (Å²) < 4.78 is 5.23. The van der Waals surface area contributed by atoms with E-state index in [2.05, 4.69) is 0 Å². The number of methoxy groups -OCH3 is 1. The Kier molecular flexibility index (Phi) is 9.42. The van der Waals surface area contributed by atoms with Crippen molar-refractivity contribution in [3.8, 4) is 5.75 Å². The maximum absolute atomic E-state index is 13.4. The lowest BCUT2D eigenvalue weighted by atomic mass is 9.79. The first-order valence-electron chi connectivity index (χ1n) is 12.5. The van der Waals surface area contributed by atoms with Crippen LogP contribution in [0.3, 0.4) is 0 Å². The number of carbonyl (C=O) groups excluding carboxylic acids is 2. The Balaban J connectivity index is 1.62. The van der Waals surface area contributed by atoms with E-state index < -0.39 is 5.92 Å². The molecule has 0 radical (unpaired) electrons. The van der Waals surface area contributed by atoms with Gasteiger partial charge in [-0.1, -0.05) is 76.3 Å². The summed E-state index contributed by atoms with van der Waals surface area (Å²) in [5.41, 5.74) is 1.06. The monoisotopic (exact) mass is 427 g/mol. The van der Waals surface area contributed by atoms with E-state index in [4.69, 9.17) is 4.74 Å². The molecule has 3 rings (SSSR count). The van der Waals surface area contributed by atoms with Crippen LogP contribution in [0.2, 0.25) is 0 Å². The molecular weight excluding hydrogens is 386 g/mol. The molecule has 0 spiro atoms. The van der Waals surface area contributed by atoms with E-state index in [1.807, 2.05) is 31.3 Å². The predicted octanol–water partition coefficient (Wildman–Crippen LogP) is 6.17. The first kappa shape index (κ1) is 23.8. The number of rotatable bonds is 10. The average molecular weight is 428 g/mol. The van der Waals surface area contributed by atoms with Crippen molar-refractivity contribution in [2.45, 2.75) is 90.0 Å². The number of amides is 1. The van der Waals surface area contributed by atoms with Gasteiger partial charge in [0.1, 0.15) is 11.5 Å². The number of Topliss-reactive ketones (excluding diaryl/α,β-unsaturated/α-hetero) is 1. The van der Waals surface area contributed by atoms with Crippen LogP contribution in [0.15, 0.2) is 24.3 Å². The van der Waals surface area contributed by atoms with E-state index in [0.717, 1.165) is 24.2 Å². The second-order valence-corrected chi connectivity index (χ2v) is 9.84. The molecule has 172 valence electrons. The largest absolute Gasteiger partial charge is 0.497 e. The summed E-state index contributed by atoms with van der Waals surface area (Å²) in [7, 11) is 3.49. The van der Waals surface area contributed by atoms with Gasteiger partial charge >= 0.3 is 0 Å². The van der Waals surface area contributed by atoms with Crippen molar-refractivity contribution in [2.24, 2.45) is 17.8 Å². The van der Waals surface area contributed by atoms with Gasteiger partial charge in [0.15, 0.2) is 0 Å². The summed E-state index contributed by atoms with van der Waals surface area (Å²) >= 11 is 0. The summed E-state index contributed by atoms with van der Waals surface area (Å²) in [6, 6.07) is 7.82. The lowest BCUT2D eigenvalue weighted by Crippen LogP contribution is -2.38. The molecule has 0 aliphatic heterocycles. The molecule has 2 fully saturated rings. The number of hydrogen-bond donors (Lipinski definition) is 0. The van der Waals surface area contributed by atoms with Gasteiger partial charge in [0.2, 0.25) is 5.91 Å². The van der Waals surface area contributed by atoms with Gasteiger partial charge in [0.05, 0.1) is 13.0 Å². The number of benzene rings is 1. The highest BCUT2D eigenvalue weighted by atomic mass is 16.5. The van der Waals surface area contributed by atoms with Crippen molar-refractivity contribution in [2.75, 3.05) is 14.2 Å². The van der Waals surface area contributed by atoms with Crippen molar-refractivity contribution in [1.82, 2.24) is 4.90 Å². The van der Waals surface area contributed by atoms with Crippen molar-refractivity contribution in [3.63, 3.8) is 0 Å². The van der Waals surface area contributed by atoms with E-state index >= 15 is 0 Å². The summed E-state index contributed by atoms with van der Waals surface area (Å²) in [5.74, 6) is 1.74. The number of hydrogen-bond acceptors (Lipinski definition) is 3. The highest BCUT2D eigenvalue weighted by Crippen LogP contribution is 2.32. The third-order valence-corrected chi connectivity index (χ3v) is 7.46. The molecule has 0 bridgehead atoms. The molecule has 4 nitrogen and oxygen atoms in total. The minimum absolute atomic E-state index is 0.00929. The second kappa shape index (κ2) is 12.3. The maximum atomic E-state index is 13.4. The Bertz CT molecular complexity index is 687. The third kappa shape index (κ3) is 7.36. The highest BCUT2D eigenvalue weighted by Gasteiger charge is 2.32. The van der Waals surface area contributed by atoms with Crippen LogP contribution in [0.1, 0.15) is 89.0 Å². The molecule has 0 N–H and O–H groups in total. The van der Waals surface area contributed by atoms with Crippen molar-refractivity contribution in [3.05, 3.63) is 29.8 Å². The van der Waals surface area contributed by atoms with Gasteiger partial charge in [-0.05, 0) is 42.4 Å². The molecule has 1 amide bonds. The van der Waals surface area contributed by atoms with Crippen LogP contribution in [0.5, 0.6) is 5.75 Å². The molecule has 4 heteroatoms. The standard InChI is InChI=1S/C27H41NO3/c1-28(20-23-13-16-24(31-2)17-14-23)27(30)25(19-22-11-7-4-8-12-22)26(29)18-15-21-9-5-3-6-10-21/h13-14,16-17,21-22,25H,3-12,15,18-20H2,1-2H3. The minimum Gasteiger partial charge on any atom is -0.497 e. The molecule has 0 aromatic heterocycles. The Morgan fingerprint density at radius 1 is 0.935 bits per heavy atom. The van der Waals surface area contributed by atoms with E-state index in [-0.39, 0.29) is 11.7 Å². The van der Waals surface area contributed by atoms with Crippen LogP contribution in [0.25, 0.3) is 0 Å². The van der Waals surface area contributed by atoms with Crippen molar-refractivity contribution < 1.29 is 14.3 Å². The zero-order valence-electron chi connectivity index (χ0n) is 19.6. The van der Waals surface area contributed by atoms with E-state index in [1.54, 1.807) is 12.0 Å². The number of ether oxygens (including phenoxy) is 1. The van der Waals surface area contributed by atoms with E-state index in [0.29, 0.717) is 24.8 Å². The molecule has 2 saturated carbocycles. The van der Waals surface area contributed by atoms with Gasteiger partial charge < -0.3 is 9.64 Å². The van der Waals surface area contributed by atoms with Gasteiger partial charge in [-0.25, -0.2) is 0 Å². The predicted molar refractivity (Wildman–Crippen MR) is 125 cm³/mol. The molecule has 2 aliphatic rings. The molecule has 0 heterocycles. The number of ketones is 1. The maximum Gasteiger partial charge on any atom is 0.233 e. The molecule has 1 unspecified atom stereocenters. The normalized spacial score (nSPS) is 19.0. The Hall–Kier alpha value is -1.84. The number of carbonyl (C=O) groups is 2. The van der Waals surface area contributed by atoms with Crippen molar-refractivity contribution in [1.29, 1.82) is 0 Å². The molecule has 31 heavy (non-hydrogen) atoms. The molecule has 0 saturated heterocycles. The van der Waals surface area contributed by atoms with Crippen LogP contribution in [0.4, 0.5) is 0 Å². The van der Waals surface area contributed by atoms with Gasteiger partial charge in [-0.15, -0.1) is 0 Å². The fraction of sp³-hybridized carbons (Fsp3) is 0.704. The summed E-state index contributed by atoms with van der Waals surface area (Å²) in [4.78, 5) is 28.5. The SMILES string of the molecule is COc1ccc(CN(C)C(=O)C(CC2CCCCC2)C(=O)CCC2CCCCC2)cc1. The summed E-state index contributed by atoms with van der Waals surface area (Å²) in [6.45, 7) is 0.528. The van der Waals surface area contributed by atoms with Gasteiger partial charge in [0, 0.05) is 20.0 Å². The van der Waals surface area contributed by atoms with Crippen LogP contribution in [-0.2, 0) is 16.1 Å². The van der Waals surface area contributed by atoms with Crippen LogP contribution in [0, 0.1) is 17.8 Å². The average Bonchev–Trinajstić information content (AvgIpc) is 2.82. The van der Waals surface area contributed by atoms with Crippen molar-refractivity contribution >= 4 is 11.7 Å². The highest BCUT2D eigenvalue weighted by molar-refractivity contribution is 6.01. The van der Waals surface area contributed by atoms with Gasteiger partial charge in [0.25, 0.3) is 0 Å². The zero-order chi connectivity index (χ0) is 22.1. The lowest BCUT2D eigenvalue weighted by Gasteiger charge is -2.29. The molecule has 2 aliphatic carbocycles. The minimum atomic E-state index is -0.463. The Labute approximate surface area is 188 Å². The van der Waals surface area contributed by atoms with Crippen LogP contribution >= 0.6 is 0 Å². The lowest BCUT2D eigenvalue weighted by molar-refractivity contribution is -0.141. The fourth-order valence-electron chi connectivity index (χ4n) is 5.47. The Morgan fingerprint density at radius 2 is 1.52 bits per heavy atom. The summed E-state index contributed by atoms with van der Waals surface area (Å²) in [5, 5.41) is 0. The number of nitrogens with zero attached hydrogens (tertiary/aromatic N) is 1. The molecule has 1 aromatic rings. The van der Waals surface area contributed by atoms with Crippen LogP contribution < -0.4 is 4.74 Å². The summed E-state index contributed by atoms with van der Waals surface area (Å²) in [6.07, 6.45) is 14.8.